The van der Waals surface area contributed by atoms with Crippen molar-refractivity contribution in [3.8, 4) is 5.75 Å². The number of nitrogens with zero attached hydrogens (tertiary/aromatic N) is 3. The number of rotatable bonds is 2. The van der Waals surface area contributed by atoms with E-state index >= 15 is 0 Å². The molecular formula is C15H12Cl2N4O. The van der Waals surface area contributed by atoms with E-state index in [1.165, 1.54) is 0 Å². The van der Waals surface area contributed by atoms with Crippen LogP contribution in [0.5, 0.6) is 5.75 Å². The van der Waals surface area contributed by atoms with Gasteiger partial charge in [-0.3, -0.25) is 0 Å². The van der Waals surface area contributed by atoms with Crippen LogP contribution in [0.4, 0.5) is 11.6 Å². The monoisotopic (exact) mass is 334 g/mol. The first-order valence-corrected chi connectivity index (χ1v) is 7.26. The summed E-state index contributed by atoms with van der Waals surface area (Å²) in [5, 5.41) is 14.9. The molecule has 0 aliphatic heterocycles. The van der Waals surface area contributed by atoms with Gasteiger partial charge in [-0.15, -0.1) is 0 Å². The second kappa shape index (κ2) is 5.59. The van der Waals surface area contributed by atoms with Crippen LogP contribution in [0.1, 0.15) is 11.1 Å². The van der Waals surface area contributed by atoms with Gasteiger partial charge in [0.2, 0.25) is 16.5 Å². The summed E-state index contributed by atoms with van der Waals surface area (Å²) in [5.41, 5.74) is 2.69. The van der Waals surface area contributed by atoms with Crippen LogP contribution in [0, 0.1) is 13.8 Å². The largest absolute Gasteiger partial charge is 0.507 e. The summed E-state index contributed by atoms with van der Waals surface area (Å²) in [7, 11) is 0. The number of phenolic OH excluding ortho intramolecular Hbond substituents is 1. The van der Waals surface area contributed by atoms with Gasteiger partial charge < -0.3 is 10.4 Å². The van der Waals surface area contributed by atoms with Crippen molar-refractivity contribution >= 4 is 45.6 Å². The summed E-state index contributed by atoms with van der Waals surface area (Å²) in [4.78, 5) is 11.7. The molecule has 0 aliphatic carbocycles. The van der Waals surface area contributed by atoms with E-state index in [1.807, 2.05) is 32.0 Å². The van der Waals surface area contributed by atoms with Crippen LogP contribution in [0.25, 0.3) is 10.8 Å². The maximum atomic E-state index is 10.3. The van der Waals surface area contributed by atoms with E-state index in [4.69, 9.17) is 23.2 Å². The third-order valence-corrected chi connectivity index (χ3v) is 3.48. The van der Waals surface area contributed by atoms with Crippen molar-refractivity contribution in [1.82, 2.24) is 15.0 Å². The van der Waals surface area contributed by atoms with E-state index in [2.05, 4.69) is 20.3 Å². The molecule has 0 fully saturated rings. The number of hydrogen-bond acceptors (Lipinski definition) is 5. The van der Waals surface area contributed by atoms with Gasteiger partial charge in [-0.05, 0) is 65.7 Å². The van der Waals surface area contributed by atoms with Crippen LogP contribution in [0.3, 0.4) is 0 Å². The Balaban J connectivity index is 2.17. The molecule has 0 unspecified atom stereocenters. The predicted octanol–water partition coefficient (Wildman–Crippen LogP) is 4.40. The zero-order chi connectivity index (χ0) is 15.9. The fourth-order valence-electron chi connectivity index (χ4n) is 2.39. The molecule has 0 bridgehead atoms. The van der Waals surface area contributed by atoms with Gasteiger partial charge in [0, 0.05) is 5.39 Å². The van der Waals surface area contributed by atoms with Gasteiger partial charge in [-0.1, -0.05) is 12.1 Å². The van der Waals surface area contributed by atoms with E-state index in [-0.39, 0.29) is 22.3 Å². The molecule has 112 valence electrons. The average molecular weight is 335 g/mol. The second-order valence-corrected chi connectivity index (χ2v) is 5.69. The highest BCUT2D eigenvalue weighted by Gasteiger charge is 2.11. The van der Waals surface area contributed by atoms with Gasteiger partial charge in [0.05, 0.1) is 5.69 Å². The second-order valence-electron chi connectivity index (χ2n) is 5.02. The van der Waals surface area contributed by atoms with Crippen LogP contribution in [0.15, 0.2) is 24.3 Å². The summed E-state index contributed by atoms with van der Waals surface area (Å²) in [6, 6.07) is 7.60. The van der Waals surface area contributed by atoms with E-state index in [9.17, 15) is 5.11 Å². The van der Waals surface area contributed by atoms with E-state index in [1.54, 1.807) is 6.07 Å². The highest BCUT2D eigenvalue weighted by atomic mass is 35.5. The molecule has 5 nitrogen and oxygen atoms in total. The molecular weight excluding hydrogens is 323 g/mol. The first kappa shape index (κ1) is 14.8. The first-order valence-electron chi connectivity index (χ1n) is 6.50. The Kier molecular flexibility index (Phi) is 3.76. The lowest BCUT2D eigenvalue weighted by atomic mass is 10.0. The Labute approximate surface area is 137 Å². The smallest absolute Gasteiger partial charge is 0.232 e. The van der Waals surface area contributed by atoms with Crippen LogP contribution < -0.4 is 5.32 Å². The highest BCUT2D eigenvalue weighted by Crippen LogP contribution is 2.35. The van der Waals surface area contributed by atoms with Crippen LogP contribution in [-0.4, -0.2) is 20.1 Å². The Morgan fingerprint density at radius 2 is 1.50 bits per heavy atom. The first-order chi connectivity index (χ1) is 10.4. The molecule has 0 atom stereocenters. The highest BCUT2D eigenvalue weighted by molar-refractivity contribution is 6.31. The van der Waals surface area contributed by atoms with Crippen molar-refractivity contribution in [3.05, 3.63) is 46.0 Å². The quantitative estimate of drug-likeness (QED) is 0.726. The number of aromatic nitrogens is 3. The topological polar surface area (TPSA) is 70.9 Å². The summed E-state index contributed by atoms with van der Waals surface area (Å²) in [5.74, 6) is 0.403. The standard InChI is InChI=1S/C15H12Cl2N4O/c1-7-3-9-4-8(2)6-11(22)12(9)10(5-7)18-15-20-13(16)19-14(17)21-15/h3-6,22H,1-2H3,(H,18,19,20,21). The number of aromatic hydroxyl groups is 1. The van der Waals surface area contributed by atoms with Crippen molar-refractivity contribution < 1.29 is 5.11 Å². The number of nitrogens with one attached hydrogen (secondary N) is 1. The van der Waals surface area contributed by atoms with Gasteiger partial charge in [-0.2, -0.15) is 15.0 Å². The molecule has 0 aliphatic rings. The maximum Gasteiger partial charge on any atom is 0.232 e. The SMILES string of the molecule is Cc1cc(O)c2c(Nc3nc(Cl)nc(Cl)n3)cc(C)cc2c1. The van der Waals surface area contributed by atoms with E-state index in [0.29, 0.717) is 11.1 Å². The third-order valence-electron chi connectivity index (χ3n) is 3.14. The van der Waals surface area contributed by atoms with Crippen molar-refractivity contribution in [2.45, 2.75) is 13.8 Å². The number of hydrogen-bond donors (Lipinski definition) is 2. The molecule has 0 saturated carbocycles. The predicted molar refractivity (Wildman–Crippen MR) is 88.2 cm³/mol. The fraction of sp³-hybridized carbons (Fsp3) is 0.133. The molecule has 1 heterocycles. The minimum Gasteiger partial charge on any atom is -0.507 e. The summed E-state index contributed by atoms with van der Waals surface area (Å²) in [6.45, 7) is 3.90. The number of aryl methyl sites for hydroxylation is 2. The van der Waals surface area contributed by atoms with E-state index < -0.39 is 0 Å². The van der Waals surface area contributed by atoms with Crippen LogP contribution in [-0.2, 0) is 0 Å². The fourth-order valence-corrected chi connectivity index (χ4v) is 2.75. The van der Waals surface area contributed by atoms with Crippen LogP contribution >= 0.6 is 23.2 Å². The number of benzene rings is 2. The van der Waals surface area contributed by atoms with Crippen molar-refractivity contribution in [1.29, 1.82) is 0 Å². The maximum absolute atomic E-state index is 10.3. The number of halogens is 2. The number of fused-ring (bicyclic) bond motifs is 1. The van der Waals surface area contributed by atoms with Crippen molar-refractivity contribution in [2.24, 2.45) is 0 Å². The molecule has 7 heteroatoms. The minimum atomic E-state index is -0.000440. The van der Waals surface area contributed by atoms with Gasteiger partial charge in [0.25, 0.3) is 0 Å². The molecule has 3 aromatic rings. The molecule has 2 N–H and O–H groups in total. The lowest BCUT2D eigenvalue weighted by Gasteiger charge is -2.12. The summed E-state index contributed by atoms with van der Waals surface area (Å²) < 4.78 is 0. The molecule has 2 aromatic carbocycles. The molecule has 1 aromatic heterocycles. The zero-order valence-corrected chi connectivity index (χ0v) is 13.4. The molecule has 0 radical (unpaired) electrons. The molecule has 0 amide bonds. The lowest BCUT2D eigenvalue weighted by molar-refractivity contribution is 0.481. The third kappa shape index (κ3) is 2.91. The van der Waals surface area contributed by atoms with Gasteiger partial charge in [-0.25, -0.2) is 0 Å². The molecule has 0 spiro atoms. The van der Waals surface area contributed by atoms with Gasteiger partial charge >= 0.3 is 0 Å². The van der Waals surface area contributed by atoms with E-state index in [0.717, 1.165) is 16.5 Å². The summed E-state index contributed by atoms with van der Waals surface area (Å²) in [6.07, 6.45) is 0. The Bertz CT molecular complexity index is 858. The summed E-state index contributed by atoms with van der Waals surface area (Å²) >= 11 is 11.6. The Morgan fingerprint density at radius 1 is 0.909 bits per heavy atom. The molecule has 3 rings (SSSR count). The lowest BCUT2D eigenvalue weighted by Crippen LogP contribution is -2.00. The van der Waals surface area contributed by atoms with Gasteiger partial charge in [0.1, 0.15) is 5.75 Å². The number of phenols is 1. The Hall–Kier alpha value is -2.11. The molecule has 22 heavy (non-hydrogen) atoms. The van der Waals surface area contributed by atoms with Crippen molar-refractivity contribution in [2.75, 3.05) is 5.32 Å². The zero-order valence-electron chi connectivity index (χ0n) is 11.9. The van der Waals surface area contributed by atoms with Gasteiger partial charge in [0.15, 0.2) is 0 Å². The number of anilines is 2. The molecule has 0 saturated heterocycles. The van der Waals surface area contributed by atoms with Crippen LogP contribution in [0.2, 0.25) is 10.6 Å². The Morgan fingerprint density at radius 3 is 2.14 bits per heavy atom. The average Bonchev–Trinajstić information content (AvgIpc) is 2.35. The minimum absolute atomic E-state index is 0.000440. The normalized spacial score (nSPS) is 10.9. The van der Waals surface area contributed by atoms with Crippen molar-refractivity contribution in [3.63, 3.8) is 0 Å².